The standard InChI is InChI=1S/C18H22N2O3/c21-16(11-18(22)8-2-1-3-9-18)19-13-6-7-15-14(10-13)20-17(23-15)12-4-5-12/h6-7,10,12,22H,1-5,8-9,11H2,(H,19,21). The van der Waals surface area contributed by atoms with E-state index in [1.165, 1.54) is 0 Å². The van der Waals surface area contributed by atoms with Crippen molar-refractivity contribution in [2.24, 2.45) is 0 Å². The first-order chi connectivity index (χ1) is 11.1. The molecule has 0 atom stereocenters. The van der Waals surface area contributed by atoms with Crippen LogP contribution in [0.4, 0.5) is 5.69 Å². The summed E-state index contributed by atoms with van der Waals surface area (Å²) in [5, 5.41) is 13.4. The molecule has 0 unspecified atom stereocenters. The van der Waals surface area contributed by atoms with Crippen LogP contribution in [0.25, 0.3) is 11.1 Å². The van der Waals surface area contributed by atoms with E-state index in [-0.39, 0.29) is 12.3 Å². The summed E-state index contributed by atoms with van der Waals surface area (Å²) in [6.45, 7) is 0. The van der Waals surface area contributed by atoms with Crippen LogP contribution in [0.2, 0.25) is 0 Å². The van der Waals surface area contributed by atoms with Crippen molar-refractivity contribution in [2.75, 3.05) is 5.32 Å². The molecular weight excluding hydrogens is 292 g/mol. The smallest absolute Gasteiger partial charge is 0.227 e. The van der Waals surface area contributed by atoms with E-state index in [4.69, 9.17) is 4.42 Å². The zero-order chi connectivity index (χ0) is 15.9. The Kier molecular flexibility index (Phi) is 3.60. The number of anilines is 1. The van der Waals surface area contributed by atoms with Crippen molar-refractivity contribution in [2.45, 2.75) is 62.9 Å². The van der Waals surface area contributed by atoms with Crippen LogP contribution in [-0.4, -0.2) is 21.6 Å². The molecule has 2 aliphatic rings. The molecular formula is C18H22N2O3. The number of nitrogens with one attached hydrogen (secondary N) is 1. The predicted octanol–water partition coefficient (Wildman–Crippen LogP) is 3.73. The van der Waals surface area contributed by atoms with Gasteiger partial charge in [-0.25, -0.2) is 4.98 Å². The Labute approximate surface area is 135 Å². The van der Waals surface area contributed by atoms with E-state index in [2.05, 4.69) is 10.3 Å². The van der Waals surface area contributed by atoms with Gasteiger partial charge in [0.2, 0.25) is 5.91 Å². The second kappa shape index (κ2) is 5.64. The van der Waals surface area contributed by atoms with Crippen molar-refractivity contribution < 1.29 is 14.3 Å². The van der Waals surface area contributed by atoms with Gasteiger partial charge in [-0.3, -0.25) is 4.79 Å². The van der Waals surface area contributed by atoms with Gasteiger partial charge >= 0.3 is 0 Å². The predicted molar refractivity (Wildman–Crippen MR) is 87.3 cm³/mol. The molecule has 2 aliphatic carbocycles. The van der Waals surface area contributed by atoms with Gasteiger partial charge < -0.3 is 14.8 Å². The molecule has 1 aromatic heterocycles. The van der Waals surface area contributed by atoms with Crippen LogP contribution < -0.4 is 5.32 Å². The zero-order valence-corrected chi connectivity index (χ0v) is 13.2. The van der Waals surface area contributed by atoms with E-state index in [9.17, 15) is 9.90 Å². The molecule has 0 spiro atoms. The summed E-state index contributed by atoms with van der Waals surface area (Å²) in [5.74, 6) is 1.14. The molecule has 0 bridgehead atoms. The Hall–Kier alpha value is -1.88. The lowest BCUT2D eigenvalue weighted by Gasteiger charge is -2.31. The Morgan fingerprint density at radius 2 is 2.09 bits per heavy atom. The van der Waals surface area contributed by atoms with Gasteiger partial charge in [0, 0.05) is 11.6 Å². The van der Waals surface area contributed by atoms with Crippen molar-refractivity contribution in [1.82, 2.24) is 4.98 Å². The molecule has 1 amide bonds. The van der Waals surface area contributed by atoms with Gasteiger partial charge in [-0.05, 0) is 43.9 Å². The average Bonchev–Trinajstić information content (AvgIpc) is 3.27. The fourth-order valence-corrected chi connectivity index (χ4v) is 3.42. The highest BCUT2D eigenvalue weighted by Crippen LogP contribution is 2.40. The first-order valence-corrected chi connectivity index (χ1v) is 8.54. The van der Waals surface area contributed by atoms with Crippen LogP contribution >= 0.6 is 0 Å². The van der Waals surface area contributed by atoms with Crippen LogP contribution in [-0.2, 0) is 4.79 Å². The number of fused-ring (bicyclic) bond motifs is 1. The zero-order valence-electron chi connectivity index (χ0n) is 13.2. The number of nitrogens with zero attached hydrogens (tertiary/aromatic N) is 1. The third kappa shape index (κ3) is 3.24. The Balaban J connectivity index is 1.45. The quantitative estimate of drug-likeness (QED) is 0.901. The summed E-state index contributed by atoms with van der Waals surface area (Å²) < 4.78 is 5.73. The molecule has 23 heavy (non-hydrogen) atoms. The van der Waals surface area contributed by atoms with Crippen molar-refractivity contribution in [3.63, 3.8) is 0 Å². The van der Waals surface area contributed by atoms with Crippen LogP contribution in [0.5, 0.6) is 0 Å². The van der Waals surface area contributed by atoms with E-state index < -0.39 is 5.60 Å². The molecule has 2 aromatic rings. The molecule has 0 radical (unpaired) electrons. The minimum absolute atomic E-state index is 0.139. The Morgan fingerprint density at radius 3 is 2.83 bits per heavy atom. The fourth-order valence-electron chi connectivity index (χ4n) is 3.42. The first-order valence-electron chi connectivity index (χ1n) is 8.54. The topological polar surface area (TPSA) is 75.4 Å². The lowest BCUT2D eigenvalue weighted by Crippen LogP contribution is -2.35. The van der Waals surface area contributed by atoms with E-state index >= 15 is 0 Å². The van der Waals surface area contributed by atoms with Gasteiger partial charge in [0.25, 0.3) is 0 Å². The number of carbonyl (C=O) groups excluding carboxylic acids is 1. The number of aromatic nitrogens is 1. The highest BCUT2D eigenvalue weighted by Gasteiger charge is 2.32. The highest BCUT2D eigenvalue weighted by molar-refractivity contribution is 5.93. The van der Waals surface area contributed by atoms with Crippen LogP contribution in [0.3, 0.4) is 0 Å². The van der Waals surface area contributed by atoms with Gasteiger partial charge in [-0.2, -0.15) is 0 Å². The van der Waals surface area contributed by atoms with Crippen LogP contribution in [0.1, 0.15) is 63.2 Å². The molecule has 1 heterocycles. The number of aliphatic hydroxyl groups is 1. The maximum Gasteiger partial charge on any atom is 0.227 e. The largest absolute Gasteiger partial charge is 0.440 e. The molecule has 2 N–H and O–H groups in total. The Morgan fingerprint density at radius 1 is 1.30 bits per heavy atom. The van der Waals surface area contributed by atoms with Crippen molar-refractivity contribution in [1.29, 1.82) is 0 Å². The average molecular weight is 314 g/mol. The minimum Gasteiger partial charge on any atom is -0.440 e. The van der Waals surface area contributed by atoms with Crippen molar-refractivity contribution in [3.05, 3.63) is 24.1 Å². The maximum atomic E-state index is 12.2. The number of hydrogen-bond donors (Lipinski definition) is 2. The van der Waals surface area contributed by atoms with Crippen LogP contribution in [0.15, 0.2) is 22.6 Å². The number of carbonyl (C=O) groups is 1. The SMILES string of the molecule is O=C(CC1(O)CCCCC1)Nc1ccc2oc(C3CC3)nc2c1. The third-order valence-electron chi connectivity index (χ3n) is 4.89. The molecule has 4 rings (SSSR count). The van der Waals surface area contributed by atoms with Crippen LogP contribution in [0, 0.1) is 0 Å². The molecule has 5 nitrogen and oxygen atoms in total. The summed E-state index contributed by atoms with van der Waals surface area (Å²) in [6, 6.07) is 5.51. The van der Waals surface area contributed by atoms with Gasteiger partial charge in [0.1, 0.15) is 5.52 Å². The van der Waals surface area contributed by atoms with Gasteiger partial charge in [-0.15, -0.1) is 0 Å². The second-order valence-corrected chi connectivity index (χ2v) is 7.02. The normalized spacial score (nSPS) is 20.6. The second-order valence-electron chi connectivity index (χ2n) is 7.02. The molecule has 1 aromatic carbocycles. The number of hydrogen-bond acceptors (Lipinski definition) is 4. The molecule has 0 saturated heterocycles. The molecule has 0 aliphatic heterocycles. The number of amides is 1. The van der Waals surface area contributed by atoms with E-state index in [0.29, 0.717) is 24.4 Å². The molecule has 5 heteroatoms. The molecule has 2 saturated carbocycles. The lowest BCUT2D eigenvalue weighted by molar-refractivity contribution is -0.122. The maximum absolute atomic E-state index is 12.2. The van der Waals surface area contributed by atoms with Crippen molar-refractivity contribution >= 4 is 22.7 Å². The lowest BCUT2D eigenvalue weighted by atomic mass is 9.82. The van der Waals surface area contributed by atoms with Gasteiger partial charge in [0.05, 0.1) is 12.0 Å². The summed E-state index contributed by atoms with van der Waals surface area (Å²) in [7, 11) is 0. The molecule has 2 fully saturated rings. The third-order valence-corrected chi connectivity index (χ3v) is 4.89. The fraction of sp³-hybridized carbons (Fsp3) is 0.556. The van der Waals surface area contributed by atoms with E-state index in [1.54, 1.807) is 0 Å². The first kappa shape index (κ1) is 14.7. The number of oxazole rings is 1. The van der Waals surface area contributed by atoms with Crippen molar-refractivity contribution in [3.8, 4) is 0 Å². The summed E-state index contributed by atoms with van der Waals surface area (Å²) in [5.41, 5.74) is 1.41. The Bertz CT molecular complexity index is 727. The minimum atomic E-state index is -0.834. The molecule has 122 valence electrons. The van der Waals surface area contributed by atoms with Gasteiger partial charge in [-0.1, -0.05) is 19.3 Å². The van der Waals surface area contributed by atoms with Gasteiger partial charge in [0.15, 0.2) is 11.5 Å². The summed E-state index contributed by atoms with van der Waals surface area (Å²) in [6.07, 6.45) is 7.04. The summed E-state index contributed by atoms with van der Waals surface area (Å²) in [4.78, 5) is 16.7. The monoisotopic (exact) mass is 314 g/mol. The number of benzene rings is 1. The summed E-state index contributed by atoms with van der Waals surface area (Å²) >= 11 is 0. The highest BCUT2D eigenvalue weighted by atomic mass is 16.3. The number of rotatable bonds is 4. The van der Waals surface area contributed by atoms with E-state index in [1.807, 2.05) is 18.2 Å². The van der Waals surface area contributed by atoms with E-state index in [0.717, 1.165) is 49.1 Å².